The van der Waals surface area contributed by atoms with E-state index in [1.54, 1.807) is 19.0 Å². The van der Waals surface area contributed by atoms with Gasteiger partial charge in [-0.1, -0.05) is 0 Å². The van der Waals surface area contributed by atoms with E-state index in [2.05, 4.69) is 29.8 Å². The minimum absolute atomic E-state index is 0.0776. The quantitative estimate of drug-likeness (QED) is 0.274. The molecule has 1 amide bonds. The van der Waals surface area contributed by atoms with Gasteiger partial charge in [0.05, 0.1) is 0 Å². The molecule has 17 heavy (non-hydrogen) atoms. The summed E-state index contributed by atoms with van der Waals surface area (Å²) in [6.45, 7) is 0. The van der Waals surface area contributed by atoms with E-state index in [9.17, 15) is 4.79 Å². The topological polar surface area (TPSA) is 81.1 Å². The second-order valence-electron chi connectivity index (χ2n) is 4.45. The van der Waals surface area contributed by atoms with Crippen molar-refractivity contribution in [2.45, 2.75) is 31.3 Å². The molecule has 0 bridgehead atoms. The van der Waals surface area contributed by atoms with Crippen LogP contribution in [0.3, 0.4) is 0 Å². The molecule has 7 heteroatoms. The van der Waals surface area contributed by atoms with E-state index in [1.807, 2.05) is 0 Å². The van der Waals surface area contributed by atoms with E-state index in [4.69, 9.17) is 5.53 Å². The molecule has 1 N–H and O–H groups in total. The predicted molar refractivity (Wildman–Crippen MR) is 66.7 cm³/mol. The second kappa shape index (κ2) is 6.63. The van der Waals surface area contributed by atoms with Gasteiger partial charge in [-0.3, -0.25) is 0 Å². The van der Waals surface area contributed by atoms with Crippen LogP contribution in [0.4, 0.5) is 0 Å². The Hall–Kier alpha value is -1.05. The Labute approximate surface area is 103 Å². The van der Waals surface area contributed by atoms with Crippen molar-refractivity contribution in [1.82, 2.24) is 10.2 Å². The van der Waals surface area contributed by atoms with Gasteiger partial charge in [0.1, 0.15) is 0 Å². The Kier molecular flexibility index (Phi) is 5.46. The molecule has 1 fully saturated rings. The summed E-state index contributed by atoms with van der Waals surface area (Å²) in [6.07, 6.45) is 2.06. The monoisotopic (exact) mass is 253 g/mol. The fourth-order valence-electron chi connectivity index (χ4n) is 2.23. The molecule has 0 aromatic rings. The first-order valence-corrected chi connectivity index (χ1v) is 5.93. The number of hydrogen-bond acceptors (Lipinski definition) is 3. The van der Waals surface area contributed by atoms with Crippen LogP contribution in [-0.2, 0) is 4.79 Å². The molecule has 3 atom stereocenters. The summed E-state index contributed by atoms with van der Waals surface area (Å²) >= 11 is 0. The molecule has 1 aliphatic carbocycles. The van der Waals surface area contributed by atoms with E-state index in [0.717, 1.165) is 12.8 Å². The number of azide groups is 1. The van der Waals surface area contributed by atoms with Gasteiger partial charge in [0.25, 0.3) is 0 Å². The van der Waals surface area contributed by atoms with E-state index in [1.165, 1.54) is 0 Å². The van der Waals surface area contributed by atoms with Gasteiger partial charge in [0.15, 0.2) is 0 Å². The Balaban J connectivity index is 2.75. The average Bonchev–Trinajstić information content (AvgIpc) is 2.28. The zero-order valence-electron chi connectivity index (χ0n) is 10.00. The van der Waals surface area contributed by atoms with Gasteiger partial charge < -0.3 is 0 Å². The molecule has 0 saturated heterocycles. The number of nitrogens with zero attached hydrogens (tertiary/aromatic N) is 4. The van der Waals surface area contributed by atoms with Crippen LogP contribution >= 0.6 is 8.70 Å². The minimum atomic E-state index is -0.137. The van der Waals surface area contributed by atoms with Gasteiger partial charge in [-0.25, -0.2) is 0 Å². The first kappa shape index (κ1) is 14.0. The predicted octanol–water partition coefficient (Wildman–Crippen LogP) is 1.84. The van der Waals surface area contributed by atoms with Crippen molar-refractivity contribution in [1.29, 1.82) is 0 Å². The molecule has 92 valence electrons. The molecular formula is C10H16N5OP. The molecular weight excluding hydrogens is 237 g/mol. The summed E-state index contributed by atoms with van der Waals surface area (Å²) in [6, 6.07) is -0.0486. The Morgan fingerprint density at radius 3 is 2.76 bits per heavy atom. The average molecular weight is 253 g/mol. The summed E-state index contributed by atoms with van der Waals surface area (Å²) in [4.78, 5) is 16.3. The molecule has 1 saturated carbocycles. The van der Waals surface area contributed by atoms with E-state index >= 15 is 0 Å². The summed E-state index contributed by atoms with van der Waals surface area (Å²) in [5.41, 5.74) is 8.48. The number of hydrogen-bond donors (Lipinski definition) is 1. The molecule has 6 nitrogen and oxygen atoms in total. The number of nitrogens with one attached hydrogen (secondary N) is 1. The Bertz CT molecular complexity index is 371. The summed E-state index contributed by atoms with van der Waals surface area (Å²) in [7, 11) is 7.34. The van der Waals surface area contributed by atoms with Gasteiger partial charge in [-0.15, -0.1) is 0 Å². The molecule has 0 aliphatic heterocycles. The van der Waals surface area contributed by atoms with Crippen LogP contribution in [-0.4, -0.2) is 37.0 Å². The number of carbonyl (C=O) groups excluding carboxylic acids is 1. The van der Waals surface area contributed by atoms with E-state index in [-0.39, 0.29) is 23.9 Å². The van der Waals surface area contributed by atoms with E-state index in [0.29, 0.717) is 6.42 Å². The molecule has 0 aromatic heterocycles. The standard InChI is InChI=1S/C10H16N5OP/c1-15(2)10(16)7-3-8(12-6-17)5-9(4-7)13-14-11/h7-9,12H,3-5H2,1-2H3/t7-,8+,9-/m1/s1. The number of carbonyl (C=O) groups is 1. The Morgan fingerprint density at radius 2 is 2.24 bits per heavy atom. The van der Waals surface area contributed by atoms with Crippen molar-refractivity contribution in [2.24, 2.45) is 11.0 Å². The van der Waals surface area contributed by atoms with Crippen LogP contribution < -0.4 is 5.32 Å². The molecule has 0 radical (unpaired) electrons. The van der Waals surface area contributed by atoms with Crippen molar-refractivity contribution in [3.63, 3.8) is 0 Å². The van der Waals surface area contributed by atoms with Crippen molar-refractivity contribution in [2.75, 3.05) is 14.1 Å². The summed E-state index contributed by atoms with van der Waals surface area (Å²) in [5.74, 6) is 2.55. The number of amides is 1. The first-order valence-electron chi connectivity index (χ1n) is 5.48. The normalized spacial score (nSPS) is 27.7. The van der Waals surface area contributed by atoms with Gasteiger partial charge >= 0.3 is 102 Å². The van der Waals surface area contributed by atoms with Crippen LogP contribution in [0.5, 0.6) is 0 Å². The molecule has 0 unspecified atom stereocenters. The SMILES string of the molecule is CN(C)C(=O)[C@H]1C[C@@H](N=[N+]=[N-])C[C@@H](NC#P)C1. The zero-order chi connectivity index (χ0) is 12.8. The zero-order valence-corrected chi connectivity index (χ0v) is 10.9. The van der Waals surface area contributed by atoms with Crippen molar-refractivity contribution < 1.29 is 4.79 Å². The van der Waals surface area contributed by atoms with E-state index < -0.39 is 0 Å². The van der Waals surface area contributed by atoms with Crippen LogP contribution in [0, 0.1) is 11.7 Å². The third-order valence-corrected chi connectivity index (χ3v) is 3.08. The summed E-state index contributed by atoms with van der Waals surface area (Å²) in [5, 5.41) is 6.68. The summed E-state index contributed by atoms with van der Waals surface area (Å²) < 4.78 is 0. The van der Waals surface area contributed by atoms with Crippen molar-refractivity contribution in [3.05, 3.63) is 10.4 Å². The van der Waals surface area contributed by atoms with Crippen LogP contribution in [0.15, 0.2) is 5.11 Å². The van der Waals surface area contributed by atoms with Gasteiger partial charge in [0, 0.05) is 0 Å². The second-order valence-corrected chi connectivity index (χ2v) is 4.67. The maximum atomic E-state index is 11.9. The molecule has 1 rings (SSSR count). The molecule has 1 aliphatic rings. The van der Waals surface area contributed by atoms with Gasteiger partial charge in [0.2, 0.25) is 0 Å². The van der Waals surface area contributed by atoms with Crippen molar-refractivity contribution >= 4 is 14.6 Å². The van der Waals surface area contributed by atoms with Crippen molar-refractivity contribution in [3.8, 4) is 5.75 Å². The van der Waals surface area contributed by atoms with Crippen LogP contribution in [0.1, 0.15) is 19.3 Å². The fourth-order valence-corrected chi connectivity index (χ4v) is 2.41. The maximum absolute atomic E-state index is 11.9. The van der Waals surface area contributed by atoms with Crippen LogP contribution in [0.2, 0.25) is 0 Å². The molecule has 0 heterocycles. The number of rotatable bonds is 3. The third-order valence-electron chi connectivity index (χ3n) is 2.96. The van der Waals surface area contributed by atoms with Gasteiger partial charge in [-0.05, 0) is 0 Å². The fraction of sp³-hybridized carbons (Fsp3) is 0.800. The molecule has 0 aromatic carbocycles. The first-order chi connectivity index (χ1) is 8.08. The van der Waals surface area contributed by atoms with Crippen LogP contribution in [0.25, 0.3) is 10.4 Å². The third kappa shape index (κ3) is 4.03. The Morgan fingerprint density at radius 1 is 1.53 bits per heavy atom. The molecule has 0 spiro atoms. The van der Waals surface area contributed by atoms with Gasteiger partial charge in [-0.2, -0.15) is 0 Å².